The van der Waals surface area contributed by atoms with Gasteiger partial charge in [-0.1, -0.05) is 45.0 Å². The lowest BCUT2D eigenvalue weighted by atomic mass is 9.87. The molecule has 6 nitrogen and oxygen atoms in total. The molecule has 1 unspecified atom stereocenters. The molecular formula is C19H25N3O3S. The Morgan fingerprint density at radius 3 is 2.00 bits per heavy atom. The zero-order chi connectivity index (χ0) is 19.5. The number of rotatable bonds is 4. The summed E-state index contributed by atoms with van der Waals surface area (Å²) < 4.78 is 22.6. The Labute approximate surface area is 154 Å². The topological polar surface area (TPSA) is 101 Å². The molecule has 1 atom stereocenters. The Hall–Kier alpha value is -2.38. The standard InChI is InChI=1S/C19H25N3O3S/c1-13(14-5-11-17(12-6-14)26(20,24)25)21-18(23)22-16-9-7-15(8-10-16)19(2,3)4/h5-13H,1-4H3,(H2,20,24,25)(H2,21,22,23). The van der Waals surface area contributed by atoms with Crippen LogP contribution in [0.2, 0.25) is 0 Å². The Morgan fingerprint density at radius 1 is 1.00 bits per heavy atom. The molecular weight excluding hydrogens is 350 g/mol. The third-order valence-corrected chi connectivity index (χ3v) is 4.99. The van der Waals surface area contributed by atoms with Crippen molar-refractivity contribution in [2.45, 2.75) is 44.0 Å². The van der Waals surface area contributed by atoms with Crippen molar-refractivity contribution in [3.05, 3.63) is 59.7 Å². The first-order chi connectivity index (χ1) is 12.0. The molecule has 2 rings (SSSR count). The van der Waals surface area contributed by atoms with Gasteiger partial charge in [-0.25, -0.2) is 18.4 Å². The van der Waals surface area contributed by atoms with E-state index in [1.54, 1.807) is 12.1 Å². The number of carbonyl (C=O) groups is 1. The number of amides is 2. The number of hydrogen-bond donors (Lipinski definition) is 3. The maximum Gasteiger partial charge on any atom is 0.319 e. The number of nitrogens with one attached hydrogen (secondary N) is 2. The molecule has 2 aromatic rings. The predicted octanol–water partition coefficient (Wildman–Crippen LogP) is 3.51. The summed E-state index contributed by atoms with van der Waals surface area (Å²) in [6.45, 7) is 8.20. The van der Waals surface area contributed by atoms with Crippen LogP contribution in [0, 0.1) is 0 Å². The lowest BCUT2D eigenvalue weighted by Gasteiger charge is -2.19. The normalized spacial score (nSPS) is 13.1. The number of sulfonamides is 1. The van der Waals surface area contributed by atoms with E-state index in [9.17, 15) is 13.2 Å². The zero-order valence-corrected chi connectivity index (χ0v) is 16.2. The van der Waals surface area contributed by atoms with Gasteiger partial charge in [-0.05, 0) is 47.7 Å². The van der Waals surface area contributed by atoms with Crippen LogP contribution in [0.4, 0.5) is 10.5 Å². The van der Waals surface area contributed by atoms with Gasteiger partial charge in [-0.3, -0.25) is 0 Å². The van der Waals surface area contributed by atoms with Crippen molar-refractivity contribution in [2.24, 2.45) is 5.14 Å². The number of primary sulfonamides is 1. The van der Waals surface area contributed by atoms with Crippen molar-refractivity contribution < 1.29 is 13.2 Å². The van der Waals surface area contributed by atoms with Crippen LogP contribution >= 0.6 is 0 Å². The van der Waals surface area contributed by atoms with Gasteiger partial charge in [0.05, 0.1) is 10.9 Å². The number of nitrogens with two attached hydrogens (primary N) is 1. The monoisotopic (exact) mass is 375 g/mol. The number of anilines is 1. The van der Waals surface area contributed by atoms with Crippen molar-refractivity contribution in [2.75, 3.05) is 5.32 Å². The molecule has 0 aromatic heterocycles. The second-order valence-corrected chi connectivity index (χ2v) is 8.82. The van der Waals surface area contributed by atoms with Crippen molar-refractivity contribution in [3.8, 4) is 0 Å². The molecule has 0 aliphatic heterocycles. The minimum absolute atomic E-state index is 0.0387. The van der Waals surface area contributed by atoms with Crippen LogP contribution in [0.3, 0.4) is 0 Å². The van der Waals surface area contributed by atoms with Gasteiger partial charge >= 0.3 is 6.03 Å². The molecule has 0 spiro atoms. The van der Waals surface area contributed by atoms with Crippen molar-refractivity contribution in [3.63, 3.8) is 0 Å². The third kappa shape index (κ3) is 5.31. The van der Waals surface area contributed by atoms with Crippen LogP contribution in [0.5, 0.6) is 0 Å². The molecule has 2 aromatic carbocycles. The number of benzene rings is 2. The van der Waals surface area contributed by atoms with Crippen LogP contribution in [0.15, 0.2) is 53.4 Å². The van der Waals surface area contributed by atoms with Gasteiger partial charge in [-0.2, -0.15) is 0 Å². The molecule has 0 saturated heterocycles. The van der Waals surface area contributed by atoms with E-state index in [0.717, 1.165) is 5.56 Å². The average molecular weight is 375 g/mol. The quantitative estimate of drug-likeness (QED) is 0.762. The summed E-state index contributed by atoms with van der Waals surface area (Å²) in [5.41, 5.74) is 2.72. The van der Waals surface area contributed by atoms with Crippen molar-refractivity contribution in [1.29, 1.82) is 0 Å². The van der Waals surface area contributed by atoms with Gasteiger partial charge in [-0.15, -0.1) is 0 Å². The van der Waals surface area contributed by atoms with Crippen LogP contribution in [0.25, 0.3) is 0 Å². The summed E-state index contributed by atoms with van der Waals surface area (Å²) >= 11 is 0. The first-order valence-electron chi connectivity index (χ1n) is 8.27. The van der Waals surface area contributed by atoms with Gasteiger partial charge in [0.2, 0.25) is 10.0 Å². The largest absolute Gasteiger partial charge is 0.331 e. The van der Waals surface area contributed by atoms with Gasteiger partial charge in [0.1, 0.15) is 0 Å². The number of hydrogen-bond acceptors (Lipinski definition) is 3. The fraction of sp³-hybridized carbons (Fsp3) is 0.316. The van der Waals surface area contributed by atoms with Crippen LogP contribution in [0.1, 0.15) is 44.9 Å². The molecule has 0 saturated carbocycles. The summed E-state index contributed by atoms with van der Waals surface area (Å²) in [6, 6.07) is 13.2. The van der Waals surface area contributed by atoms with E-state index >= 15 is 0 Å². The minimum atomic E-state index is -3.72. The Kier molecular flexibility index (Phi) is 5.73. The number of urea groups is 1. The second-order valence-electron chi connectivity index (χ2n) is 7.26. The Morgan fingerprint density at radius 2 is 1.54 bits per heavy atom. The molecule has 0 heterocycles. The van der Waals surface area contributed by atoms with Crippen LogP contribution in [-0.4, -0.2) is 14.4 Å². The van der Waals surface area contributed by atoms with E-state index in [1.807, 2.05) is 31.2 Å². The maximum atomic E-state index is 12.2. The second kappa shape index (κ2) is 7.47. The lowest BCUT2D eigenvalue weighted by molar-refractivity contribution is 0.249. The van der Waals surface area contributed by atoms with E-state index < -0.39 is 10.0 Å². The molecule has 0 fully saturated rings. The fourth-order valence-electron chi connectivity index (χ4n) is 2.45. The first kappa shape index (κ1) is 19.9. The van der Waals surface area contributed by atoms with Crippen LogP contribution < -0.4 is 15.8 Å². The number of carbonyl (C=O) groups excluding carboxylic acids is 1. The Bertz CT molecular complexity index is 868. The SMILES string of the molecule is CC(NC(=O)Nc1ccc(C(C)(C)C)cc1)c1ccc(S(N)(=O)=O)cc1. The highest BCUT2D eigenvalue weighted by Gasteiger charge is 2.14. The average Bonchev–Trinajstić information content (AvgIpc) is 2.53. The minimum Gasteiger partial charge on any atom is -0.331 e. The lowest BCUT2D eigenvalue weighted by Crippen LogP contribution is -2.31. The summed E-state index contributed by atoms with van der Waals surface area (Å²) in [5, 5.41) is 10.7. The summed E-state index contributed by atoms with van der Waals surface area (Å²) in [4.78, 5) is 12.2. The van der Waals surface area contributed by atoms with E-state index in [1.165, 1.54) is 17.7 Å². The first-order valence-corrected chi connectivity index (χ1v) is 9.82. The predicted molar refractivity (Wildman–Crippen MR) is 104 cm³/mol. The maximum absolute atomic E-state index is 12.2. The highest BCUT2D eigenvalue weighted by atomic mass is 32.2. The summed E-state index contributed by atoms with van der Waals surface area (Å²) in [5.74, 6) is 0. The molecule has 4 N–H and O–H groups in total. The smallest absolute Gasteiger partial charge is 0.319 e. The molecule has 7 heteroatoms. The highest BCUT2D eigenvalue weighted by Crippen LogP contribution is 2.23. The van der Waals surface area contributed by atoms with Crippen molar-refractivity contribution in [1.82, 2.24) is 5.32 Å². The van der Waals surface area contributed by atoms with Crippen molar-refractivity contribution >= 4 is 21.7 Å². The van der Waals surface area contributed by atoms with Crippen LogP contribution in [-0.2, 0) is 15.4 Å². The van der Waals surface area contributed by atoms with E-state index in [-0.39, 0.29) is 22.4 Å². The molecule has 0 radical (unpaired) electrons. The van der Waals surface area contributed by atoms with Gasteiger partial charge in [0.25, 0.3) is 0 Å². The molecule has 140 valence electrons. The van der Waals surface area contributed by atoms with E-state index in [2.05, 4.69) is 31.4 Å². The summed E-state index contributed by atoms with van der Waals surface area (Å²) in [7, 11) is -3.72. The van der Waals surface area contributed by atoms with Gasteiger partial charge < -0.3 is 10.6 Å². The Balaban J connectivity index is 1.99. The molecule has 0 aliphatic rings. The van der Waals surface area contributed by atoms with Gasteiger partial charge in [0.15, 0.2) is 0 Å². The zero-order valence-electron chi connectivity index (χ0n) is 15.4. The molecule has 0 aliphatic carbocycles. The third-order valence-electron chi connectivity index (χ3n) is 4.07. The molecule has 26 heavy (non-hydrogen) atoms. The molecule has 2 amide bonds. The van der Waals surface area contributed by atoms with E-state index in [4.69, 9.17) is 5.14 Å². The van der Waals surface area contributed by atoms with E-state index in [0.29, 0.717) is 5.69 Å². The van der Waals surface area contributed by atoms with Gasteiger partial charge in [0, 0.05) is 5.69 Å². The fourth-order valence-corrected chi connectivity index (χ4v) is 2.96. The molecule has 0 bridgehead atoms. The highest BCUT2D eigenvalue weighted by molar-refractivity contribution is 7.89. The summed E-state index contributed by atoms with van der Waals surface area (Å²) in [6.07, 6.45) is 0.